The van der Waals surface area contributed by atoms with Crippen molar-refractivity contribution < 1.29 is 14.3 Å². The molecular formula is C12H17NO3S. The molecule has 0 aliphatic heterocycles. The van der Waals surface area contributed by atoms with Crippen molar-refractivity contribution >= 4 is 17.3 Å². The average Bonchev–Trinajstić information content (AvgIpc) is 2.66. The second-order valence-corrected chi connectivity index (χ2v) is 4.57. The first kappa shape index (κ1) is 13.7. The van der Waals surface area contributed by atoms with E-state index in [2.05, 4.69) is 11.6 Å². The Labute approximate surface area is 105 Å². The van der Waals surface area contributed by atoms with Crippen LogP contribution in [0.25, 0.3) is 0 Å². The van der Waals surface area contributed by atoms with E-state index in [4.69, 9.17) is 9.47 Å². The summed E-state index contributed by atoms with van der Waals surface area (Å²) in [6.45, 7) is 8.13. The van der Waals surface area contributed by atoms with Gasteiger partial charge in [-0.25, -0.2) is 9.78 Å². The monoisotopic (exact) mass is 255 g/mol. The largest absolute Gasteiger partial charge is 0.476 e. The van der Waals surface area contributed by atoms with Crippen molar-refractivity contribution in [3.8, 4) is 5.88 Å². The van der Waals surface area contributed by atoms with Crippen LogP contribution in [0.4, 0.5) is 0 Å². The van der Waals surface area contributed by atoms with Crippen molar-refractivity contribution in [2.75, 3.05) is 13.2 Å². The molecule has 0 atom stereocenters. The summed E-state index contributed by atoms with van der Waals surface area (Å²) in [4.78, 5) is 16.2. The highest BCUT2D eigenvalue weighted by Crippen LogP contribution is 2.25. The Balaban J connectivity index is 2.63. The lowest BCUT2D eigenvalue weighted by molar-refractivity contribution is 0.0527. The van der Waals surface area contributed by atoms with Crippen molar-refractivity contribution in [3.05, 3.63) is 22.5 Å². The molecule has 17 heavy (non-hydrogen) atoms. The van der Waals surface area contributed by atoms with Crippen molar-refractivity contribution in [1.29, 1.82) is 0 Å². The molecule has 0 radical (unpaired) electrons. The molecule has 0 unspecified atom stereocenters. The zero-order chi connectivity index (χ0) is 12.7. The highest BCUT2D eigenvalue weighted by Gasteiger charge is 2.19. The maximum absolute atomic E-state index is 11.6. The van der Waals surface area contributed by atoms with Gasteiger partial charge in [-0.15, -0.1) is 17.9 Å². The number of aromatic nitrogens is 1. The highest BCUT2D eigenvalue weighted by atomic mass is 32.1. The molecule has 0 spiro atoms. The van der Waals surface area contributed by atoms with Gasteiger partial charge >= 0.3 is 5.97 Å². The zero-order valence-electron chi connectivity index (χ0n) is 10.2. The summed E-state index contributed by atoms with van der Waals surface area (Å²) < 4.78 is 10.4. The third-order valence-corrected chi connectivity index (χ3v) is 2.89. The van der Waals surface area contributed by atoms with Crippen LogP contribution in [0.15, 0.2) is 12.7 Å². The third-order valence-electron chi connectivity index (χ3n) is 1.96. The van der Waals surface area contributed by atoms with Crippen molar-refractivity contribution in [2.24, 2.45) is 0 Å². The zero-order valence-corrected chi connectivity index (χ0v) is 11.0. The predicted molar refractivity (Wildman–Crippen MR) is 67.7 cm³/mol. The van der Waals surface area contributed by atoms with Crippen LogP contribution in [0.3, 0.4) is 0 Å². The van der Waals surface area contributed by atoms with E-state index >= 15 is 0 Å². The number of aryl methyl sites for hydroxylation is 1. The van der Waals surface area contributed by atoms with E-state index in [1.54, 1.807) is 6.92 Å². The van der Waals surface area contributed by atoms with Gasteiger partial charge in [0.1, 0.15) is 0 Å². The van der Waals surface area contributed by atoms with Crippen LogP contribution >= 0.6 is 11.3 Å². The van der Waals surface area contributed by atoms with E-state index in [9.17, 15) is 4.79 Å². The van der Waals surface area contributed by atoms with Gasteiger partial charge in [0.15, 0.2) is 4.88 Å². The van der Waals surface area contributed by atoms with Crippen LogP contribution in [-0.4, -0.2) is 24.2 Å². The number of ether oxygens (including phenoxy) is 2. The molecule has 0 bridgehead atoms. The molecule has 0 aromatic carbocycles. The van der Waals surface area contributed by atoms with Crippen LogP contribution in [0, 0.1) is 6.92 Å². The molecule has 4 nitrogen and oxygen atoms in total. The van der Waals surface area contributed by atoms with Gasteiger partial charge in [0.2, 0.25) is 5.88 Å². The average molecular weight is 255 g/mol. The number of hydrogen-bond acceptors (Lipinski definition) is 5. The van der Waals surface area contributed by atoms with Crippen LogP contribution < -0.4 is 4.74 Å². The lowest BCUT2D eigenvalue weighted by atomic mass is 10.3. The molecule has 1 aromatic heterocycles. The van der Waals surface area contributed by atoms with E-state index in [-0.39, 0.29) is 5.97 Å². The van der Waals surface area contributed by atoms with Crippen LogP contribution in [0.1, 0.15) is 34.4 Å². The first-order valence-electron chi connectivity index (χ1n) is 5.57. The fourth-order valence-corrected chi connectivity index (χ4v) is 1.99. The minimum atomic E-state index is -0.364. The number of rotatable bonds is 7. The molecule has 1 heterocycles. The maximum atomic E-state index is 11.6. The molecular weight excluding hydrogens is 238 g/mol. The molecule has 0 amide bonds. The lowest BCUT2D eigenvalue weighted by Gasteiger charge is -2.04. The van der Waals surface area contributed by atoms with E-state index in [1.165, 1.54) is 11.3 Å². The number of nitrogens with zero attached hydrogens (tertiary/aromatic N) is 1. The van der Waals surface area contributed by atoms with Gasteiger partial charge in [-0.1, -0.05) is 6.08 Å². The fraction of sp³-hybridized carbons (Fsp3) is 0.500. The van der Waals surface area contributed by atoms with Gasteiger partial charge in [-0.2, -0.15) is 0 Å². The molecule has 94 valence electrons. The molecule has 1 aromatic rings. The normalized spacial score (nSPS) is 10.0. The Morgan fingerprint density at radius 2 is 2.35 bits per heavy atom. The molecule has 0 saturated carbocycles. The molecule has 0 aliphatic carbocycles. The van der Waals surface area contributed by atoms with Gasteiger partial charge < -0.3 is 9.47 Å². The molecule has 0 fully saturated rings. The Hall–Kier alpha value is -1.36. The number of unbranched alkanes of at least 4 members (excludes halogenated alkanes) is 1. The first-order chi connectivity index (χ1) is 8.19. The van der Waals surface area contributed by atoms with Gasteiger partial charge in [-0.05, 0) is 26.7 Å². The number of esters is 1. The maximum Gasteiger partial charge on any atom is 0.353 e. The summed E-state index contributed by atoms with van der Waals surface area (Å²) in [7, 11) is 0. The standard InChI is InChI=1S/C12H17NO3S/c1-4-6-7-8-16-11-10(12(14)15-5-2)17-9(3)13-11/h4H,1,5-8H2,2-3H3. The van der Waals surface area contributed by atoms with Gasteiger partial charge in [-0.3, -0.25) is 0 Å². The van der Waals surface area contributed by atoms with E-state index in [0.717, 1.165) is 17.8 Å². The van der Waals surface area contributed by atoms with Gasteiger partial charge in [0, 0.05) is 0 Å². The molecule has 0 saturated heterocycles. The summed E-state index contributed by atoms with van der Waals surface area (Å²) >= 11 is 1.30. The quantitative estimate of drug-likeness (QED) is 0.427. The summed E-state index contributed by atoms with van der Waals surface area (Å²) in [5.41, 5.74) is 0. The molecule has 0 aliphatic rings. The molecule has 0 N–H and O–H groups in total. The molecule has 5 heteroatoms. The number of carbonyl (C=O) groups is 1. The molecule has 1 rings (SSSR count). The van der Waals surface area contributed by atoms with Gasteiger partial charge in [0.05, 0.1) is 18.2 Å². The highest BCUT2D eigenvalue weighted by molar-refractivity contribution is 7.13. The second-order valence-electron chi connectivity index (χ2n) is 3.37. The number of allylic oxidation sites excluding steroid dienone is 1. The number of hydrogen-bond donors (Lipinski definition) is 0. The summed E-state index contributed by atoms with van der Waals surface area (Å²) in [5, 5.41) is 0.798. The van der Waals surface area contributed by atoms with Gasteiger partial charge in [0.25, 0.3) is 0 Å². The third kappa shape index (κ3) is 4.19. The van der Waals surface area contributed by atoms with Crippen molar-refractivity contribution in [3.63, 3.8) is 0 Å². The summed E-state index contributed by atoms with van der Waals surface area (Å²) in [6, 6.07) is 0. The Kier molecular flexibility index (Phi) is 5.69. The minimum Gasteiger partial charge on any atom is -0.476 e. The Bertz CT molecular complexity index is 387. The lowest BCUT2D eigenvalue weighted by Crippen LogP contribution is -2.06. The minimum absolute atomic E-state index is 0.353. The second kappa shape index (κ2) is 7.06. The Morgan fingerprint density at radius 1 is 1.59 bits per heavy atom. The first-order valence-corrected chi connectivity index (χ1v) is 6.39. The van der Waals surface area contributed by atoms with Crippen molar-refractivity contribution in [1.82, 2.24) is 4.98 Å². The van der Waals surface area contributed by atoms with Crippen molar-refractivity contribution in [2.45, 2.75) is 26.7 Å². The Morgan fingerprint density at radius 3 is 3.00 bits per heavy atom. The smallest absolute Gasteiger partial charge is 0.353 e. The van der Waals surface area contributed by atoms with Crippen LogP contribution in [0.5, 0.6) is 5.88 Å². The topological polar surface area (TPSA) is 48.4 Å². The summed E-state index contributed by atoms with van der Waals surface area (Å²) in [5.74, 6) is 0.0202. The van der Waals surface area contributed by atoms with E-state index in [1.807, 2.05) is 13.0 Å². The SMILES string of the molecule is C=CCCCOc1nc(C)sc1C(=O)OCC. The van der Waals surface area contributed by atoms with Crippen LogP contribution in [0.2, 0.25) is 0 Å². The van der Waals surface area contributed by atoms with E-state index in [0.29, 0.717) is 24.0 Å². The van der Waals surface area contributed by atoms with E-state index < -0.39 is 0 Å². The number of carbonyl (C=O) groups excluding carboxylic acids is 1. The van der Waals surface area contributed by atoms with Crippen LogP contribution in [-0.2, 0) is 4.74 Å². The fourth-order valence-electron chi connectivity index (χ4n) is 1.23. The predicted octanol–water partition coefficient (Wildman–Crippen LogP) is 2.97. The summed E-state index contributed by atoms with van der Waals surface area (Å²) in [6.07, 6.45) is 3.59. The number of thiazole rings is 1.